The molecule has 1 fully saturated rings. The number of nitrogens with zero attached hydrogens (tertiary/aromatic N) is 1. The summed E-state index contributed by atoms with van der Waals surface area (Å²) < 4.78 is 27.6. The maximum atomic E-state index is 12.5. The first-order valence-electron chi connectivity index (χ1n) is 8.44. The Labute approximate surface area is 142 Å². The third-order valence-corrected chi connectivity index (χ3v) is 6.38. The van der Waals surface area contributed by atoms with Crippen LogP contribution in [0.2, 0.25) is 0 Å². The van der Waals surface area contributed by atoms with Gasteiger partial charge in [0.15, 0.2) is 0 Å². The number of benzene rings is 1. The summed E-state index contributed by atoms with van der Waals surface area (Å²) in [5.41, 5.74) is 0.744. The van der Waals surface area contributed by atoms with Gasteiger partial charge in [-0.15, -0.1) is 0 Å². The van der Waals surface area contributed by atoms with Crippen molar-refractivity contribution in [2.45, 2.75) is 55.9 Å². The standard InChI is InChI=1S/C17H24N2O4S/c1-13(20)19-10-4-5-14-11-15(6-7-16(14)19)24(22,23)18-12-17(21)8-2-3-9-17/h6-7,11,18,21H,2-5,8-10,12H2,1H3. The van der Waals surface area contributed by atoms with Crippen molar-refractivity contribution >= 4 is 21.6 Å². The predicted octanol–water partition coefficient (Wildman–Crippen LogP) is 1.57. The first-order valence-corrected chi connectivity index (χ1v) is 9.92. The third-order valence-electron chi connectivity index (χ3n) is 4.99. The highest BCUT2D eigenvalue weighted by atomic mass is 32.2. The largest absolute Gasteiger partial charge is 0.389 e. The second-order valence-electron chi connectivity index (χ2n) is 6.82. The van der Waals surface area contributed by atoms with Crippen molar-refractivity contribution in [2.24, 2.45) is 0 Å². The molecular weight excluding hydrogens is 328 g/mol. The first kappa shape index (κ1) is 17.4. The summed E-state index contributed by atoms with van der Waals surface area (Å²) in [7, 11) is -3.67. The van der Waals surface area contributed by atoms with Gasteiger partial charge in [0.1, 0.15) is 0 Å². The maximum Gasteiger partial charge on any atom is 0.240 e. The van der Waals surface area contributed by atoms with E-state index in [-0.39, 0.29) is 17.3 Å². The second kappa shape index (κ2) is 6.46. The zero-order chi connectivity index (χ0) is 17.4. The normalized spacial score (nSPS) is 20.0. The molecule has 0 unspecified atom stereocenters. The lowest BCUT2D eigenvalue weighted by atomic mass is 10.0. The maximum absolute atomic E-state index is 12.5. The Morgan fingerprint density at radius 2 is 2.00 bits per heavy atom. The van der Waals surface area contributed by atoms with Crippen LogP contribution in [0.15, 0.2) is 23.1 Å². The molecule has 1 aliphatic carbocycles. The number of anilines is 1. The number of hydrogen-bond donors (Lipinski definition) is 2. The van der Waals surface area contributed by atoms with Crippen LogP contribution in [0.5, 0.6) is 0 Å². The lowest BCUT2D eigenvalue weighted by Gasteiger charge is -2.29. The van der Waals surface area contributed by atoms with Gasteiger partial charge < -0.3 is 10.0 Å². The fourth-order valence-corrected chi connectivity index (χ4v) is 4.76. The molecule has 1 heterocycles. The van der Waals surface area contributed by atoms with Crippen LogP contribution >= 0.6 is 0 Å². The van der Waals surface area contributed by atoms with Crippen LogP contribution in [-0.2, 0) is 21.2 Å². The van der Waals surface area contributed by atoms with Crippen molar-refractivity contribution in [1.82, 2.24) is 4.72 Å². The molecule has 1 saturated carbocycles. The van der Waals surface area contributed by atoms with E-state index in [4.69, 9.17) is 0 Å². The topological polar surface area (TPSA) is 86.7 Å². The number of fused-ring (bicyclic) bond motifs is 1. The lowest BCUT2D eigenvalue weighted by Crippen LogP contribution is -2.40. The van der Waals surface area contributed by atoms with Crippen LogP contribution in [0, 0.1) is 0 Å². The van der Waals surface area contributed by atoms with E-state index in [9.17, 15) is 18.3 Å². The third kappa shape index (κ3) is 3.48. The molecule has 0 spiro atoms. The quantitative estimate of drug-likeness (QED) is 0.861. The average molecular weight is 352 g/mol. The number of hydrogen-bond acceptors (Lipinski definition) is 4. The number of aryl methyl sites for hydroxylation is 1. The molecule has 0 atom stereocenters. The molecule has 3 rings (SSSR count). The molecule has 132 valence electrons. The Balaban J connectivity index is 1.80. The minimum absolute atomic E-state index is 0.0341. The summed E-state index contributed by atoms with van der Waals surface area (Å²) in [5, 5.41) is 10.3. The van der Waals surface area contributed by atoms with Crippen molar-refractivity contribution in [3.8, 4) is 0 Å². The van der Waals surface area contributed by atoms with Gasteiger partial charge in [-0.2, -0.15) is 0 Å². The van der Waals surface area contributed by atoms with E-state index < -0.39 is 15.6 Å². The summed E-state index contributed by atoms with van der Waals surface area (Å²) in [5.74, 6) is -0.0341. The van der Waals surface area contributed by atoms with E-state index in [1.54, 1.807) is 17.0 Å². The number of rotatable bonds is 4. The Bertz CT molecular complexity index is 739. The summed E-state index contributed by atoms with van der Waals surface area (Å²) in [6.07, 6.45) is 4.70. The highest BCUT2D eigenvalue weighted by Crippen LogP contribution is 2.31. The fourth-order valence-electron chi connectivity index (χ4n) is 3.59. The molecule has 1 amide bonds. The molecule has 1 aliphatic heterocycles. The average Bonchev–Trinajstić information content (AvgIpc) is 2.99. The van der Waals surface area contributed by atoms with Crippen molar-refractivity contribution in [3.63, 3.8) is 0 Å². The summed E-state index contributed by atoms with van der Waals surface area (Å²) in [6.45, 7) is 2.23. The van der Waals surface area contributed by atoms with Gasteiger partial charge in [-0.3, -0.25) is 4.79 Å². The van der Waals surface area contributed by atoms with E-state index in [0.29, 0.717) is 19.4 Å². The van der Waals surface area contributed by atoms with Crippen LogP contribution < -0.4 is 9.62 Å². The highest BCUT2D eigenvalue weighted by molar-refractivity contribution is 7.89. The van der Waals surface area contributed by atoms with Crippen LogP contribution in [-0.4, -0.2) is 38.1 Å². The van der Waals surface area contributed by atoms with Gasteiger partial charge in [-0.25, -0.2) is 13.1 Å². The van der Waals surface area contributed by atoms with E-state index in [1.807, 2.05) is 0 Å². The van der Waals surface area contributed by atoms with Crippen LogP contribution in [0.1, 0.15) is 44.6 Å². The smallest absolute Gasteiger partial charge is 0.240 e. The molecule has 1 aromatic carbocycles. The summed E-state index contributed by atoms with van der Waals surface area (Å²) in [4.78, 5) is 13.6. The second-order valence-corrected chi connectivity index (χ2v) is 8.59. The molecule has 1 aromatic rings. The molecule has 0 aromatic heterocycles. The van der Waals surface area contributed by atoms with E-state index >= 15 is 0 Å². The zero-order valence-electron chi connectivity index (χ0n) is 13.9. The van der Waals surface area contributed by atoms with E-state index in [2.05, 4.69) is 4.72 Å². The Morgan fingerprint density at radius 1 is 1.29 bits per heavy atom. The number of nitrogens with one attached hydrogen (secondary N) is 1. The molecule has 7 heteroatoms. The van der Waals surface area contributed by atoms with Crippen LogP contribution in [0.4, 0.5) is 5.69 Å². The van der Waals surface area contributed by atoms with Crippen LogP contribution in [0.25, 0.3) is 0 Å². The SMILES string of the molecule is CC(=O)N1CCCc2cc(S(=O)(=O)NCC3(O)CCCC3)ccc21. The van der Waals surface area contributed by atoms with Gasteiger partial charge >= 0.3 is 0 Å². The van der Waals surface area contributed by atoms with Gasteiger partial charge in [0, 0.05) is 25.7 Å². The van der Waals surface area contributed by atoms with E-state index in [0.717, 1.165) is 36.9 Å². The van der Waals surface area contributed by atoms with E-state index in [1.165, 1.54) is 13.0 Å². The van der Waals surface area contributed by atoms with Crippen molar-refractivity contribution < 1.29 is 18.3 Å². The van der Waals surface area contributed by atoms with Crippen molar-refractivity contribution in [1.29, 1.82) is 0 Å². The molecule has 2 aliphatic rings. The monoisotopic (exact) mass is 352 g/mol. The minimum Gasteiger partial charge on any atom is -0.389 e. The van der Waals surface area contributed by atoms with Crippen molar-refractivity contribution in [3.05, 3.63) is 23.8 Å². The van der Waals surface area contributed by atoms with Gasteiger partial charge in [0.25, 0.3) is 0 Å². The van der Waals surface area contributed by atoms with Gasteiger partial charge in [0.2, 0.25) is 15.9 Å². The number of carbonyl (C=O) groups excluding carboxylic acids is 1. The van der Waals surface area contributed by atoms with Gasteiger partial charge in [-0.05, 0) is 49.4 Å². The number of carbonyl (C=O) groups is 1. The Hall–Kier alpha value is -1.44. The van der Waals surface area contributed by atoms with Gasteiger partial charge in [0.05, 0.1) is 10.5 Å². The van der Waals surface area contributed by atoms with Gasteiger partial charge in [-0.1, -0.05) is 12.8 Å². The molecule has 0 radical (unpaired) electrons. The predicted molar refractivity (Wildman–Crippen MR) is 91.4 cm³/mol. The zero-order valence-corrected chi connectivity index (χ0v) is 14.7. The first-order chi connectivity index (χ1) is 11.3. The minimum atomic E-state index is -3.67. The molecule has 2 N–H and O–H groups in total. The Morgan fingerprint density at radius 3 is 2.67 bits per heavy atom. The fraction of sp³-hybridized carbons (Fsp3) is 0.588. The summed E-state index contributed by atoms with van der Waals surface area (Å²) in [6, 6.07) is 4.88. The molecule has 6 nitrogen and oxygen atoms in total. The lowest BCUT2D eigenvalue weighted by molar-refractivity contribution is -0.116. The number of amides is 1. The Kier molecular flexibility index (Phi) is 4.68. The summed E-state index contributed by atoms with van der Waals surface area (Å²) >= 11 is 0. The molecular formula is C17H24N2O4S. The number of aliphatic hydroxyl groups is 1. The van der Waals surface area contributed by atoms with Crippen LogP contribution in [0.3, 0.4) is 0 Å². The molecule has 0 saturated heterocycles. The van der Waals surface area contributed by atoms with Crippen molar-refractivity contribution in [2.75, 3.05) is 18.0 Å². The molecule has 0 bridgehead atoms. The highest BCUT2D eigenvalue weighted by Gasteiger charge is 2.33. The molecule has 24 heavy (non-hydrogen) atoms. The number of sulfonamides is 1.